The molecule has 1 amide bonds. The summed E-state index contributed by atoms with van der Waals surface area (Å²) < 4.78 is 5.61. The lowest BCUT2D eigenvalue weighted by Crippen LogP contribution is -2.62. The van der Waals surface area contributed by atoms with Gasteiger partial charge in [-0.05, 0) is 79.6 Å². The molecule has 4 fully saturated rings. The zero-order chi connectivity index (χ0) is 19.5. The third-order valence-corrected chi connectivity index (χ3v) is 9.44. The number of benzene rings is 1. The fraction of sp³-hybridized carbons (Fsp3) is 0.720. The van der Waals surface area contributed by atoms with Gasteiger partial charge in [0.25, 0.3) is 0 Å². The van der Waals surface area contributed by atoms with E-state index in [4.69, 9.17) is 4.74 Å². The summed E-state index contributed by atoms with van der Waals surface area (Å²) in [4.78, 5) is 13.1. The van der Waals surface area contributed by atoms with Crippen molar-refractivity contribution in [3.05, 3.63) is 29.8 Å². The molecule has 0 aromatic heterocycles. The number of hydrogen-bond acceptors (Lipinski definition) is 2. The van der Waals surface area contributed by atoms with Gasteiger partial charge in [0.1, 0.15) is 5.75 Å². The van der Waals surface area contributed by atoms with E-state index < -0.39 is 0 Å². The lowest BCUT2D eigenvalue weighted by Gasteiger charge is -2.60. The number of piperidine rings is 1. The highest BCUT2D eigenvalue weighted by Gasteiger charge is 2.59. The number of nitrogens with one attached hydrogen (secondary N) is 1. The van der Waals surface area contributed by atoms with Gasteiger partial charge in [0, 0.05) is 11.6 Å². The summed E-state index contributed by atoms with van der Waals surface area (Å²) in [6.07, 6.45) is 10.5. The number of amides is 1. The standard InChI is InChI=1S/C25H35NO2/c1-24-13-6-8-19(24)17-10-11-22-25(2,20(17)12-14-24)15-18(23(27)26-22)16-7-4-5-9-21(16)28-3/h4-5,7,9,17-20,22H,6,8,10-15H2,1-3H3,(H,26,27)/t17-,18?,19-,20-,22+,24-,25+/m0/s1. The number of rotatable bonds is 2. The molecule has 0 spiro atoms. The molecule has 28 heavy (non-hydrogen) atoms. The van der Waals surface area contributed by atoms with Crippen LogP contribution in [-0.4, -0.2) is 19.1 Å². The van der Waals surface area contributed by atoms with Gasteiger partial charge in [0.15, 0.2) is 0 Å². The molecule has 3 aliphatic carbocycles. The first-order valence-corrected chi connectivity index (χ1v) is 11.4. The zero-order valence-electron chi connectivity index (χ0n) is 17.7. The predicted octanol–water partition coefficient (Wildman–Crippen LogP) is 5.30. The minimum Gasteiger partial charge on any atom is -0.496 e. The topological polar surface area (TPSA) is 38.3 Å². The van der Waals surface area contributed by atoms with Crippen molar-refractivity contribution in [1.82, 2.24) is 5.32 Å². The van der Waals surface area contributed by atoms with Gasteiger partial charge in [0.05, 0.1) is 13.0 Å². The Morgan fingerprint density at radius 1 is 1.04 bits per heavy atom. The highest BCUT2D eigenvalue weighted by atomic mass is 16.5. The monoisotopic (exact) mass is 381 g/mol. The first-order valence-electron chi connectivity index (χ1n) is 11.4. The molecule has 0 bridgehead atoms. The van der Waals surface area contributed by atoms with Crippen LogP contribution < -0.4 is 10.1 Å². The van der Waals surface area contributed by atoms with Crippen LogP contribution in [0, 0.1) is 28.6 Å². The van der Waals surface area contributed by atoms with E-state index in [0.717, 1.165) is 41.9 Å². The smallest absolute Gasteiger partial charge is 0.227 e. The van der Waals surface area contributed by atoms with Crippen LogP contribution in [0.15, 0.2) is 24.3 Å². The summed E-state index contributed by atoms with van der Waals surface area (Å²) in [7, 11) is 1.71. The Labute approximate surface area is 169 Å². The Bertz CT molecular complexity index is 776. The van der Waals surface area contributed by atoms with Crippen LogP contribution in [0.3, 0.4) is 0 Å². The molecule has 4 aliphatic rings. The van der Waals surface area contributed by atoms with Gasteiger partial charge in [-0.2, -0.15) is 0 Å². The Balaban J connectivity index is 1.48. The molecule has 1 unspecified atom stereocenters. The second kappa shape index (κ2) is 6.50. The van der Waals surface area contributed by atoms with E-state index in [2.05, 4.69) is 25.2 Å². The molecule has 3 nitrogen and oxygen atoms in total. The van der Waals surface area contributed by atoms with Gasteiger partial charge in [-0.25, -0.2) is 0 Å². The third-order valence-electron chi connectivity index (χ3n) is 9.44. The normalized spacial score (nSPS) is 44.8. The SMILES string of the molecule is COc1ccccc1C1C[C@@]2(C)[C@@H](CC[C@H]3[C@@H]4CCC[C@@]4(C)CC[C@@H]32)NC1=O. The van der Waals surface area contributed by atoms with Gasteiger partial charge >= 0.3 is 0 Å². The number of hydrogen-bond donors (Lipinski definition) is 1. The largest absolute Gasteiger partial charge is 0.496 e. The molecule has 1 aromatic rings. The molecule has 1 aromatic carbocycles. The number of para-hydroxylation sites is 1. The molecule has 152 valence electrons. The maximum atomic E-state index is 13.1. The van der Waals surface area contributed by atoms with Gasteiger partial charge in [-0.3, -0.25) is 4.79 Å². The van der Waals surface area contributed by atoms with Crippen molar-refractivity contribution in [2.45, 2.75) is 77.2 Å². The fourth-order valence-corrected chi connectivity index (χ4v) is 7.99. The van der Waals surface area contributed by atoms with Crippen molar-refractivity contribution in [2.75, 3.05) is 7.11 Å². The van der Waals surface area contributed by atoms with E-state index in [1.807, 2.05) is 18.2 Å². The number of ether oxygens (including phenoxy) is 1. The highest BCUT2D eigenvalue weighted by molar-refractivity contribution is 5.86. The minimum atomic E-state index is -0.0898. The predicted molar refractivity (Wildman–Crippen MR) is 111 cm³/mol. The van der Waals surface area contributed by atoms with Crippen molar-refractivity contribution in [3.8, 4) is 5.75 Å². The van der Waals surface area contributed by atoms with E-state index in [9.17, 15) is 4.79 Å². The molecule has 1 aliphatic heterocycles. The summed E-state index contributed by atoms with van der Waals surface area (Å²) in [5, 5.41) is 3.47. The van der Waals surface area contributed by atoms with Crippen LogP contribution >= 0.6 is 0 Å². The van der Waals surface area contributed by atoms with Crippen molar-refractivity contribution < 1.29 is 9.53 Å². The van der Waals surface area contributed by atoms with Crippen LogP contribution in [0.25, 0.3) is 0 Å². The molecule has 5 rings (SSSR count). The maximum Gasteiger partial charge on any atom is 0.227 e. The van der Waals surface area contributed by atoms with Crippen LogP contribution in [0.5, 0.6) is 5.75 Å². The molecule has 0 radical (unpaired) electrons. The van der Waals surface area contributed by atoms with Crippen molar-refractivity contribution in [3.63, 3.8) is 0 Å². The second-order valence-electron chi connectivity index (χ2n) is 10.6. The van der Waals surface area contributed by atoms with E-state index in [-0.39, 0.29) is 17.2 Å². The number of carbonyl (C=O) groups is 1. The molecular formula is C25H35NO2. The van der Waals surface area contributed by atoms with E-state index in [0.29, 0.717) is 11.5 Å². The molecule has 3 saturated carbocycles. The van der Waals surface area contributed by atoms with Crippen LogP contribution in [0.4, 0.5) is 0 Å². The fourth-order valence-electron chi connectivity index (χ4n) is 7.99. The number of fused-ring (bicyclic) bond motifs is 5. The summed E-state index contributed by atoms with van der Waals surface area (Å²) in [6.45, 7) is 5.06. The van der Waals surface area contributed by atoms with Crippen LogP contribution in [-0.2, 0) is 4.79 Å². The van der Waals surface area contributed by atoms with Gasteiger partial charge in [-0.15, -0.1) is 0 Å². The Morgan fingerprint density at radius 3 is 2.68 bits per heavy atom. The average Bonchev–Trinajstić information content (AvgIpc) is 3.10. The Morgan fingerprint density at radius 2 is 1.86 bits per heavy atom. The highest BCUT2D eigenvalue weighted by Crippen LogP contribution is 2.64. The van der Waals surface area contributed by atoms with E-state index >= 15 is 0 Å². The van der Waals surface area contributed by atoms with Crippen LogP contribution in [0.1, 0.15) is 76.7 Å². The minimum absolute atomic E-state index is 0.0898. The molecule has 1 heterocycles. The lowest BCUT2D eigenvalue weighted by molar-refractivity contribution is -0.138. The van der Waals surface area contributed by atoms with E-state index in [1.54, 1.807) is 7.11 Å². The van der Waals surface area contributed by atoms with Crippen molar-refractivity contribution in [1.29, 1.82) is 0 Å². The van der Waals surface area contributed by atoms with Gasteiger partial charge < -0.3 is 10.1 Å². The van der Waals surface area contributed by atoms with Crippen LogP contribution in [0.2, 0.25) is 0 Å². The molecule has 7 atom stereocenters. The van der Waals surface area contributed by atoms with Gasteiger partial charge in [-0.1, -0.05) is 38.5 Å². The molecule has 3 heteroatoms. The quantitative estimate of drug-likeness (QED) is 0.755. The number of carbonyl (C=O) groups excluding carboxylic acids is 1. The summed E-state index contributed by atoms with van der Waals surface area (Å²) in [5.74, 6) is 3.48. The summed E-state index contributed by atoms with van der Waals surface area (Å²) in [6, 6.07) is 8.45. The van der Waals surface area contributed by atoms with E-state index in [1.165, 1.54) is 38.5 Å². The first-order chi connectivity index (χ1) is 13.5. The maximum absolute atomic E-state index is 13.1. The van der Waals surface area contributed by atoms with Crippen molar-refractivity contribution in [2.24, 2.45) is 28.6 Å². The van der Waals surface area contributed by atoms with Gasteiger partial charge in [0.2, 0.25) is 5.91 Å². The Hall–Kier alpha value is -1.51. The second-order valence-corrected chi connectivity index (χ2v) is 10.6. The summed E-state index contributed by atoms with van der Waals surface area (Å²) >= 11 is 0. The summed E-state index contributed by atoms with van der Waals surface area (Å²) in [5.41, 5.74) is 1.85. The first kappa shape index (κ1) is 18.5. The molecule has 1 saturated heterocycles. The average molecular weight is 382 g/mol. The lowest BCUT2D eigenvalue weighted by atomic mass is 9.47. The Kier molecular flexibility index (Phi) is 4.30. The zero-order valence-corrected chi connectivity index (χ0v) is 17.7. The molecule has 1 N–H and O–H groups in total. The third kappa shape index (κ3) is 2.57. The van der Waals surface area contributed by atoms with Crippen molar-refractivity contribution >= 4 is 5.91 Å². The number of methoxy groups -OCH3 is 1. The molecular weight excluding hydrogens is 346 g/mol.